The highest BCUT2D eigenvalue weighted by Gasteiger charge is 2.40. The van der Waals surface area contributed by atoms with Gasteiger partial charge in [0.15, 0.2) is 0 Å². The van der Waals surface area contributed by atoms with E-state index in [1.807, 2.05) is 30.3 Å². The molecule has 120 valence electrons. The van der Waals surface area contributed by atoms with Gasteiger partial charge in [0.1, 0.15) is 5.75 Å². The largest absolute Gasteiger partial charge is 0.496 e. The first-order valence-electron chi connectivity index (χ1n) is 8.08. The summed E-state index contributed by atoms with van der Waals surface area (Å²) in [6, 6.07) is 14.4. The quantitative estimate of drug-likeness (QED) is 0.842. The van der Waals surface area contributed by atoms with Crippen LogP contribution in [0.25, 0.3) is 0 Å². The molecule has 0 spiro atoms. The van der Waals surface area contributed by atoms with Gasteiger partial charge in [0, 0.05) is 34.4 Å². The zero-order valence-electron chi connectivity index (χ0n) is 13.1. The minimum atomic E-state index is 0.0913. The van der Waals surface area contributed by atoms with Gasteiger partial charge < -0.3 is 14.8 Å². The van der Waals surface area contributed by atoms with Crippen molar-refractivity contribution in [3.63, 3.8) is 0 Å². The summed E-state index contributed by atoms with van der Waals surface area (Å²) in [5.74, 6) is 1.30. The first-order chi connectivity index (χ1) is 11.3. The van der Waals surface area contributed by atoms with Crippen LogP contribution in [0.3, 0.4) is 0 Å². The number of rotatable bonds is 2. The molecule has 1 saturated heterocycles. The Kier molecular flexibility index (Phi) is 3.92. The van der Waals surface area contributed by atoms with Crippen LogP contribution in [0.5, 0.6) is 5.75 Å². The van der Waals surface area contributed by atoms with Gasteiger partial charge in [-0.1, -0.05) is 29.8 Å². The van der Waals surface area contributed by atoms with Crippen LogP contribution in [0.4, 0.5) is 5.69 Å². The molecule has 1 fully saturated rings. The topological polar surface area (TPSA) is 30.5 Å². The van der Waals surface area contributed by atoms with Gasteiger partial charge in [0.25, 0.3) is 0 Å². The van der Waals surface area contributed by atoms with E-state index in [2.05, 4.69) is 17.4 Å². The predicted molar refractivity (Wildman–Crippen MR) is 92.2 cm³/mol. The van der Waals surface area contributed by atoms with Gasteiger partial charge in [-0.3, -0.25) is 0 Å². The van der Waals surface area contributed by atoms with Crippen molar-refractivity contribution in [1.82, 2.24) is 0 Å². The van der Waals surface area contributed by atoms with E-state index in [1.54, 1.807) is 7.11 Å². The molecule has 3 nitrogen and oxygen atoms in total. The summed E-state index contributed by atoms with van der Waals surface area (Å²) in [5.41, 5.74) is 3.47. The molecule has 0 bridgehead atoms. The van der Waals surface area contributed by atoms with E-state index >= 15 is 0 Å². The van der Waals surface area contributed by atoms with Crippen molar-refractivity contribution in [2.75, 3.05) is 19.0 Å². The van der Waals surface area contributed by atoms with E-state index in [0.717, 1.165) is 35.9 Å². The molecule has 1 N–H and O–H groups in total. The number of hydrogen-bond donors (Lipinski definition) is 1. The number of benzene rings is 2. The number of para-hydroxylation sites is 1. The van der Waals surface area contributed by atoms with Crippen LogP contribution in [-0.4, -0.2) is 13.7 Å². The number of ether oxygens (including phenoxy) is 2. The molecule has 0 saturated carbocycles. The standard InChI is InChI=1S/C19H20ClNO2/c1-22-17-7-3-2-5-13(17)18-14-6-4-10-23-19(14)15-11-12(20)8-9-16(15)21-18/h2-3,5,7-9,11,14,18-19,21H,4,6,10H2,1H3/t14-,18+,19-/m1/s1. The van der Waals surface area contributed by atoms with Gasteiger partial charge in [0.2, 0.25) is 0 Å². The van der Waals surface area contributed by atoms with Gasteiger partial charge in [-0.15, -0.1) is 0 Å². The second kappa shape index (κ2) is 6.06. The molecule has 2 aliphatic rings. The summed E-state index contributed by atoms with van der Waals surface area (Å²) in [6.45, 7) is 0.811. The SMILES string of the molecule is COc1ccccc1[C@@H]1Nc2ccc(Cl)cc2[C@@H]2OCCC[C@H]12. The monoisotopic (exact) mass is 329 g/mol. The molecule has 0 aliphatic carbocycles. The van der Waals surface area contributed by atoms with Crippen LogP contribution in [0.1, 0.15) is 36.1 Å². The second-order valence-corrected chi connectivity index (χ2v) is 6.63. The van der Waals surface area contributed by atoms with E-state index in [4.69, 9.17) is 21.1 Å². The number of halogens is 1. The van der Waals surface area contributed by atoms with Gasteiger partial charge >= 0.3 is 0 Å². The van der Waals surface area contributed by atoms with Crippen LogP contribution < -0.4 is 10.1 Å². The van der Waals surface area contributed by atoms with Crippen LogP contribution in [0.2, 0.25) is 5.02 Å². The van der Waals surface area contributed by atoms with Gasteiger partial charge in [-0.25, -0.2) is 0 Å². The van der Waals surface area contributed by atoms with Crippen molar-refractivity contribution in [2.24, 2.45) is 5.92 Å². The Bertz CT molecular complexity index is 718. The van der Waals surface area contributed by atoms with E-state index in [-0.39, 0.29) is 12.1 Å². The molecule has 2 aliphatic heterocycles. The third kappa shape index (κ3) is 2.58. The Morgan fingerprint density at radius 3 is 2.91 bits per heavy atom. The van der Waals surface area contributed by atoms with E-state index < -0.39 is 0 Å². The molecule has 2 aromatic rings. The number of methoxy groups -OCH3 is 1. The molecule has 23 heavy (non-hydrogen) atoms. The average molecular weight is 330 g/mol. The molecule has 0 radical (unpaired) electrons. The Morgan fingerprint density at radius 2 is 2.04 bits per heavy atom. The van der Waals surface area contributed by atoms with Crippen LogP contribution in [0.15, 0.2) is 42.5 Å². The molecule has 0 unspecified atom stereocenters. The summed E-state index contributed by atoms with van der Waals surface area (Å²) >= 11 is 6.21. The van der Waals surface area contributed by atoms with Crippen molar-refractivity contribution < 1.29 is 9.47 Å². The zero-order chi connectivity index (χ0) is 15.8. The highest BCUT2D eigenvalue weighted by molar-refractivity contribution is 6.30. The number of nitrogens with one attached hydrogen (secondary N) is 1. The second-order valence-electron chi connectivity index (χ2n) is 6.19. The third-order valence-electron chi connectivity index (χ3n) is 4.90. The molecule has 4 heteroatoms. The molecular formula is C19H20ClNO2. The smallest absolute Gasteiger partial charge is 0.124 e. The Morgan fingerprint density at radius 1 is 1.17 bits per heavy atom. The van der Waals surface area contributed by atoms with Crippen molar-refractivity contribution in [1.29, 1.82) is 0 Å². The van der Waals surface area contributed by atoms with E-state index in [0.29, 0.717) is 5.92 Å². The minimum absolute atomic E-state index is 0.0913. The highest BCUT2D eigenvalue weighted by Crippen LogP contribution is 2.50. The average Bonchev–Trinajstić information content (AvgIpc) is 2.61. The molecule has 2 aromatic carbocycles. The predicted octanol–water partition coefficient (Wildman–Crippen LogP) is 4.98. The number of anilines is 1. The summed E-state index contributed by atoms with van der Waals surface area (Å²) in [6.07, 6.45) is 2.31. The Labute approximate surface area is 141 Å². The van der Waals surface area contributed by atoms with Crippen molar-refractivity contribution in [3.8, 4) is 5.75 Å². The Hall–Kier alpha value is -1.71. The summed E-state index contributed by atoms with van der Waals surface area (Å²) in [4.78, 5) is 0. The molecule has 0 aromatic heterocycles. The van der Waals surface area contributed by atoms with Crippen molar-refractivity contribution in [3.05, 3.63) is 58.6 Å². The van der Waals surface area contributed by atoms with Gasteiger partial charge in [-0.2, -0.15) is 0 Å². The minimum Gasteiger partial charge on any atom is -0.496 e. The zero-order valence-corrected chi connectivity index (χ0v) is 13.8. The van der Waals surface area contributed by atoms with Crippen LogP contribution >= 0.6 is 11.6 Å². The summed E-state index contributed by atoms with van der Waals surface area (Å²) in [5, 5.41) is 4.45. The van der Waals surface area contributed by atoms with Crippen LogP contribution in [0, 0.1) is 5.92 Å². The summed E-state index contributed by atoms with van der Waals surface area (Å²) in [7, 11) is 1.73. The molecule has 3 atom stereocenters. The van der Waals surface area contributed by atoms with E-state index in [9.17, 15) is 0 Å². The first kappa shape index (κ1) is 14.9. The lowest BCUT2D eigenvalue weighted by atomic mass is 9.77. The van der Waals surface area contributed by atoms with Gasteiger partial charge in [-0.05, 0) is 37.1 Å². The fraction of sp³-hybridized carbons (Fsp3) is 0.368. The number of fused-ring (bicyclic) bond motifs is 3. The fourth-order valence-electron chi connectivity index (χ4n) is 3.87. The fourth-order valence-corrected chi connectivity index (χ4v) is 4.05. The normalized spacial score (nSPS) is 25.9. The molecule has 2 heterocycles. The third-order valence-corrected chi connectivity index (χ3v) is 5.14. The maximum absolute atomic E-state index is 6.21. The lowest BCUT2D eigenvalue weighted by molar-refractivity contribution is -0.0383. The number of hydrogen-bond acceptors (Lipinski definition) is 3. The first-order valence-corrected chi connectivity index (χ1v) is 8.46. The lowest BCUT2D eigenvalue weighted by Gasteiger charge is -2.43. The highest BCUT2D eigenvalue weighted by atomic mass is 35.5. The molecular weight excluding hydrogens is 310 g/mol. The van der Waals surface area contributed by atoms with Gasteiger partial charge in [0.05, 0.1) is 19.3 Å². The maximum Gasteiger partial charge on any atom is 0.124 e. The Balaban J connectivity index is 1.80. The van der Waals surface area contributed by atoms with Crippen LogP contribution in [-0.2, 0) is 4.74 Å². The van der Waals surface area contributed by atoms with Crippen molar-refractivity contribution in [2.45, 2.75) is 25.0 Å². The summed E-state index contributed by atoms with van der Waals surface area (Å²) < 4.78 is 11.7. The lowest BCUT2D eigenvalue weighted by Crippen LogP contribution is -2.36. The molecule has 0 amide bonds. The van der Waals surface area contributed by atoms with Crippen molar-refractivity contribution >= 4 is 17.3 Å². The molecule has 4 rings (SSSR count). The van der Waals surface area contributed by atoms with E-state index in [1.165, 1.54) is 11.1 Å². The maximum atomic E-state index is 6.21.